The molecule has 0 saturated heterocycles. The van der Waals surface area contributed by atoms with E-state index in [2.05, 4.69) is 38.5 Å². The van der Waals surface area contributed by atoms with E-state index >= 15 is 0 Å². The quantitative estimate of drug-likeness (QED) is 0.682. The fraction of sp³-hybridized carbons (Fsp3) is 0.200. The van der Waals surface area contributed by atoms with Gasteiger partial charge in [-0.25, -0.2) is 0 Å². The zero-order chi connectivity index (χ0) is 18.0. The van der Waals surface area contributed by atoms with Crippen LogP contribution in [0.15, 0.2) is 53.0 Å². The number of aryl methyl sites for hydroxylation is 2. The maximum absolute atomic E-state index is 12.5. The van der Waals surface area contributed by atoms with E-state index in [0.717, 1.165) is 32.7 Å². The van der Waals surface area contributed by atoms with Crippen LogP contribution in [0.2, 0.25) is 0 Å². The van der Waals surface area contributed by atoms with E-state index < -0.39 is 0 Å². The molecule has 128 valence electrons. The summed E-state index contributed by atoms with van der Waals surface area (Å²) >= 11 is 3.44. The lowest BCUT2D eigenvalue weighted by Gasteiger charge is -2.08. The predicted octanol–water partition coefficient (Wildman–Crippen LogP) is 4.87. The predicted molar refractivity (Wildman–Crippen MR) is 104 cm³/mol. The second-order valence-electron chi connectivity index (χ2n) is 6.15. The average Bonchev–Trinajstić information content (AvgIpc) is 2.85. The van der Waals surface area contributed by atoms with Crippen molar-refractivity contribution in [3.63, 3.8) is 0 Å². The molecule has 1 N–H and O–H groups in total. The van der Waals surface area contributed by atoms with Crippen molar-refractivity contribution in [2.24, 2.45) is 0 Å². The number of carbonyl (C=O) groups is 1. The lowest BCUT2D eigenvalue weighted by molar-refractivity contribution is 0.102. The van der Waals surface area contributed by atoms with E-state index in [9.17, 15) is 4.79 Å². The Balaban J connectivity index is 1.80. The maximum Gasteiger partial charge on any atom is 0.255 e. The van der Waals surface area contributed by atoms with Crippen molar-refractivity contribution >= 4 is 27.5 Å². The molecule has 1 aromatic heterocycles. The smallest absolute Gasteiger partial charge is 0.255 e. The molecule has 2 aromatic carbocycles. The molecule has 0 spiro atoms. The highest BCUT2D eigenvalue weighted by Gasteiger charge is 2.15. The van der Waals surface area contributed by atoms with Crippen molar-refractivity contribution in [2.45, 2.75) is 27.3 Å². The van der Waals surface area contributed by atoms with Crippen molar-refractivity contribution in [2.75, 3.05) is 5.32 Å². The van der Waals surface area contributed by atoms with Crippen LogP contribution in [0, 0.1) is 20.8 Å². The van der Waals surface area contributed by atoms with Gasteiger partial charge in [-0.05, 0) is 50.6 Å². The molecule has 5 heteroatoms. The van der Waals surface area contributed by atoms with E-state index in [0.29, 0.717) is 12.1 Å². The van der Waals surface area contributed by atoms with E-state index in [4.69, 9.17) is 0 Å². The molecule has 0 fully saturated rings. The maximum atomic E-state index is 12.5. The summed E-state index contributed by atoms with van der Waals surface area (Å²) in [6, 6.07) is 15.7. The highest BCUT2D eigenvalue weighted by molar-refractivity contribution is 9.10. The number of hydrogen-bond acceptors (Lipinski definition) is 2. The lowest BCUT2D eigenvalue weighted by atomic mass is 10.1. The fourth-order valence-electron chi connectivity index (χ4n) is 2.69. The van der Waals surface area contributed by atoms with Gasteiger partial charge in [0.05, 0.1) is 23.6 Å². The molecular weight excluding hydrogens is 378 g/mol. The van der Waals surface area contributed by atoms with Crippen LogP contribution in [-0.2, 0) is 6.54 Å². The summed E-state index contributed by atoms with van der Waals surface area (Å²) in [7, 11) is 0. The highest BCUT2D eigenvalue weighted by atomic mass is 79.9. The molecule has 4 nitrogen and oxygen atoms in total. The SMILES string of the molecule is Cc1ccc(C(=O)Nc2c(C)nn(Cc3ccc(Br)cc3)c2C)cc1. The van der Waals surface area contributed by atoms with Gasteiger partial charge >= 0.3 is 0 Å². The molecule has 0 aliphatic heterocycles. The topological polar surface area (TPSA) is 46.9 Å². The Morgan fingerprint density at radius 1 is 1.04 bits per heavy atom. The second-order valence-corrected chi connectivity index (χ2v) is 7.07. The Bertz CT molecular complexity index is 896. The van der Waals surface area contributed by atoms with Gasteiger partial charge in [-0.2, -0.15) is 5.10 Å². The van der Waals surface area contributed by atoms with Gasteiger partial charge in [-0.3, -0.25) is 9.48 Å². The summed E-state index contributed by atoms with van der Waals surface area (Å²) in [4.78, 5) is 12.5. The molecule has 0 atom stereocenters. The number of hydrogen-bond donors (Lipinski definition) is 1. The van der Waals surface area contributed by atoms with Gasteiger partial charge in [0.2, 0.25) is 0 Å². The van der Waals surface area contributed by atoms with E-state index in [1.54, 1.807) is 0 Å². The Kier molecular flexibility index (Phi) is 5.04. The van der Waals surface area contributed by atoms with Gasteiger partial charge in [0.25, 0.3) is 5.91 Å². The van der Waals surface area contributed by atoms with Gasteiger partial charge in [-0.1, -0.05) is 45.8 Å². The summed E-state index contributed by atoms with van der Waals surface area (Å²) in [5.74, 6) is -0.116. The summed E-state index contributed by atoms with van der Waals surface area (Å²) < 4.78 is 2.97. The molecule has 0 aliphatic carbocycles. The number of amides is 1. The summed E-state index contributed by atoms with van der Waals surface area (Å²) in [6.45, 7) is 6.56. The van der Waals surface area contributed by atoms with Gasteiger partial charge in [0, 0.05) is 10.0 Å². The Labute approximate surface area is 156 Å². The van der Waals surface area contributed by atoms with Crippen molar-refractivity contribution in [1.82, 2.24) is 9.78 Å². The molecule has 0 bridgehead atoms. The summed E-state index contributed by atoms with van der Waals surface area (Å²) in [5.41, 5.74) is 5.47. The van der Waals surface area contributed by atoms with Crippen LogP contribution in [0.3, 0.4) is 0 Å². The van der Waals surface area contributed by atoms with E-state index in [1.165, 1.54) is 0 Å². The Morgan fingerprint density at radius 3 is 2.32 bits per heavy atom. The van der Waals surface area contributed by atoms with Gasteiger partial charge < -0.3 is 5.32 Å². The molecule has 1 amide bonds. The standard InChI is InChI=1S/C20H20BrN3O/c1-13-4-8-17(9-5-13)20(25)22-19-14(2)23-24(15(19)3)12-16-6-10-18(21)11-7-16/h4-11H,12H2,1-3H3,(H,22,25). The van der Waals surface area contributed by atoms with Crippen LogP contribution < -0.4 is 5.32 Å². The van der Waals surface area contributed by atoms with Crippen LogP contribution in [-0.4, -0.2) is 15.7 Å². The third-order valence-electron chi connectivity index (χ3n) is 4.18. The summed E-state index contributed by atoms with van der Waals surface area (Å²) in [5, 5.41) is 7.58. The number of anilines is 1. The Morgan fingerprint density at radius 2 is 1.68 bits per heavy atom. The third kappa shape index (κ3) is 3.99. The first-order valence-corrected chi connectivity index (χ1v) is 8.90. The van der Waals surface area contributed by atoms with Crippen molar-refractivity contribution in [3.05, 3.63) is 81.1 Å². The number of benzene rings is 2. The van der Waals surface area contributed by atoms with E-state index in [-0.39, 0.29) is 5.91 Å². The number of aromatic nitrogens is 2. The fourth-order valence-corrected chi connectivity index (χ4v) is 2.95. The molecule has 0 aliphatic rings. The zero-order valence-corrected chi connectivity index (χ0v) is 16.1. The first kappa shape index (κ1) is 17.4. The minimum absolute atomic E-state index is 0.116. The average molecular weight is 398 g/mol. The first-order chi connectivity index (χ1) is 11.9. The third-order valence-corrected chi connectivity index (χ3v) is 4.71. The summed E-state index contributed by atoms with van der Waals surface area (Å²) in [6.07, 6.45) is 0. The number of halogens is 1. The number of rotatable bonds is 4. The second kappa shape index (κ2) is 7.23. The molecule has 25 heavy (non-hydrogen) atoms. The number of nitrogens with zero attached hydrogens (tertiary/aromatic N) is 2. The molecule has 0 unspecified atom stereocenters. The number of carbonyl (C=O) groups excluding carboxylic acids is 1. The van der Waals surface area contributed by atoms with Crippen molar-refractivity contribution in [1.29, 1.82) is 0 Å². The zero-order valence-electron chi connectivity index (χ0n) is 14.5. The molecular formula is C20H20BrN3O. The van der Waals surface area contributed by atoms with Crippen molar-refractivity contribution < 1.29 is 4.79 Å². The molecule has 3 aromatic rings. The first-order valence-electron chi connectivity index (χ1n) is 8.10. The van der Waals surface area contributed by atoms with Crippen LogP contribution in [0.5, 0.6) is 0 Å². The highest BCUT2D eigenvalue weighted by Crippen LogP contribution is 2.22. The van der Waals surface area contributed by atoms with Crippen LogP contribution in [0.1, 0.15) is 32.9 Å². The lowest BCUT2D eigenvalue weighted by Crippen LogP contribution is -2.13. The van der Waals surface area contributed by atoms with Crippen LogP contribution in [0.4, 0.5) is 5.69 Å². The van der Waals surface area contributed by atoms with Crippen LogP contribution in [0.25, 0.3) is 0 Å². The molecule has 3 rings (SSSR count). The van der Waals surface area contributed by atoms with Crippen molar-refractivity contribution in [3.8, 4) is 0 Å². The molecule has 0 radical (unpaired) electrons. The van der Waals surface area contributed by atoms with Gasteiger partial charge in [-0.15, -0.1) is 0 Å². The number of nitrogens with one attached hydrogen (secondary N) is 1. The monoisotopic (exact) mass is 397 g/mol. The minimum Gasteiger partial charge on any atom is -0.319 e. The van der Waals surface area contributed by atoms with Crippen LogP contribution >= 0.6 is 15.9 Å². The largest absolute Gasteiger partial charge is 0.319 e. The van der Waals surface area contributed by atoms with Gasteiger partial charge in [0.15, 0.2) is 0 Å². The Hall–Kier alpha value is -2.40. The normalized spacial score (nSPS) is 10.7. The molecule has 1 heterocycles. The van der Waals surface area contributed by atoms with Gasteiger partial charge in [0.1, 0.15) is 0 Å². The van der Waals surface area contributed by atoms with E-state index in [1.807, 2.05) is 61.9 Å². The molecule has 0 saturated carbocycles. The minimum atomic E-state index is -0.116.